The molecule has 7 nitrogen and oxygen atoms in total. The Kier molecular flexibility index (Phi) is 8.16. The Morgan fingerprint density at radius 3 is 2.29 bits per heavy atom. The molecule has 0 saturated carbocycles. The number of nitro groups is 1. The Bertz CT molecular complexity index is 939. The third kappa shape index (κ3) is 7.07. The molecule has 2 amide bonds. The van der Waals surface area contributed by atoms with Crippen molar-refractivity contribution >= 4 is 29.1 Å². The maximum atomic E-state index is 13.3. The predicted molar refractivity (Wildman–Crippen MR) is 121 cm³/mol. The van der Waals surface area contributed by atoms with Gasteiger partial charge in [0, 0.05) is 28.7 Å². The van der Waals surface area contributed by atoms with Crippen molar-refractivity contribution in [2.45, 2.75) is 58.7 Å². The summed E-state index contributed by atoms with van der Waals surface area (Å²) >= 11 is 5.97. The molecule has 2 rings (SSSR count). The Morgan fingerprint density at radius 2 is 1.74 bits per heavy atom. The second kappa shape index (κ2) is 10.4. The summed E-state index contributed by atoms with van der Waals surface area (Å²) in [6.45, 7) is 7.63. The van der Waals surface area contributed by atoms with E-state index < -0.39 is 16.5 Å². The van der Waals surface area contributed by atoms with Crippen molar-refractivity contribution in [1.82, 2.24) is 10.2 Å². The van der Waals surface area contributed by atoms with Crippen LogP contribution in [0.15, 0.2) is 48.5 Å². The van der Waals surface area contributed by atoms with E-state index in [9.17, 15) is 19.7 Å². The zero-order valence-electron chi connectivity index (χ0n) is 18.2. The fraction of sp³-hybridized carbons (Fsp3) is 0.391. The van der Waals surface area contributed by atoms with Crippen molar-refractivity contribution in [3.8, 4) is 0 Å². The first-order valence-electron chi connectivity index (χ1n) is 10.1. The van der Waals surface area contributed by atoms with Gasteiger partial charge >= 0.3 is 0 Å². The van der Waals surface area contributed by atoms with Gasteiger partial charge < -0.3 is 10.2 Å². The Hall–Kier alpha value is -2.93. The number of nitrogens with one attached hydrogen (secondary N) is 1. The Labute approximate surface area is 187 Å². The molecule has 31 heavy (non-hydrogen) atoms. The van der Waals surface area contributed by atoms with Crippen molar-refractivity contribution in [3.63, 3.8) is 0 Å². The van der Waals surface area contributed by atoms with Gasteiger partial charge in [-0.2, -0.15) is 0 Å². The van der Waals surface area contributed by atoms with Crippen LogP contribution >= 0.6 is 11.6 Å². The summed E-state index contributed by atoms with van der Waals surface area (Å²) in [7, 11) is 0. The van der Waals surface area contributed by atoms with Crippen molar-refractivity contribution in [1.29, 1.82) is 0 Å². The summed E-state index contributed by atoms with van der Waals surface area (Å²) in [5, 5.41) is 14.9. The number of halogens is 1. The minimum Gasteiger partial charge on any atom is -0.350 e. The van der Waals surface area contributed by atoms with Gasteiger partial charge in [-0.1, -0.05) is 48.9 Å². The number of benzene rings is 2. The highest BCUT2D eigenvalue weighted by molar-refractivity contribution is 6.30. The van der Waals surface area contributed by atoms with E-state index in [2.05, 4.69) is 5.32 Å². The van der Waals surface area contributed by atoms with Gasteiger partial charge in [0.05, 0.1) is 11.3 Å². The molecule has 0 aromatic heterocycles. The van der Waals surface area contributed by atoms with E-state index in [4.69, 9.17) is 11.6 Å². The molecule has 0 spiro atoms. The average Bonchev–Trinajstić information content (AvgIpc) is 2.68. The van der Waals surface area contributed by atoms with Gasteiger partial charge in [-0.05, 0) is 44.9 Å². The number of nitro benzene ring substituents is 1. The van der Waals surface area contributed by atoms with Crippen LogP contribution in [0, 0.1) is 10.1 Å². The number of carbonyl (C=O) groups excluding carboxylic acids is 2. The van der Waals surface area contributed by atoms with Gasteiger partial charge in [0.15, 0.2) is 0 Å². The van der Waals surface area contributed by atoms with Crippen LogP contribution in [0.25, 0.3) is 0 Å². The van der Waals surface area contributed by atoms with Crippen molar-refractivity contribution in [3.05, 3.63) is 74.8 Å². The summed E-state index contributed by atoms with van der Waals surface area (Å²) in [6, 6.07) is 12.5. The normalized spacial score (nSPS) is 12.2. The molecular weight excluding hydrogens is 418 g/mol. The lowest BCUT2D eigenvalue weighted by molar-refractivity contribution is -0.385. The van der Waals surface area contributed by atoms with E-state index in [1.54, 1.807) is 42.5 Å². The van der Waals surface area contributed by atoms with E-state index in [0.717, 1.165) is 5.56 Å². The summed E-state index contributed by atoms with van der Waals surface area (Å²) in [4.78, 5) is 38.6. The van der Waals surface area contributed by atoms with Crippen molar-refractivity contribution in [2.75, 3.05) is 0 Å². The zero-order valence-corrected chi connectivity index (χ0v) is 19.0. The van der Waals surface area contributed by atoms with E-state index in [1.165, 1.54) is 11.0 Å². The fourth-order valence-electron chi connectivity index (χ4n) is 3.26. The van der Waals surface area contributed by atoms with Gasteiger partial charge in [0.1, 0.15) is 6.04 Å². The summed E-state index contributed by atoms with van der Waals surface area (Å²) in [6.07, 6.45) is 0.224. The van der Waals surface area contributed by atoms with Crippen molar-refractivity contribution in [2.24, 2.45) is 0 Å². The third-order valence-electron chi connectivity index (χ3n) is 4.68. The SMILES string of the molecule is CCC(C(=O)NC(C)(C)C)N(Cc1ccc(Cl)cc1)C(=O)Cc1ccccc1[N+](=O)[O-]. The quantitative estimate of drug-likeness (QED) is 0.477. The van der Waals surface area contributed by atoms with Crippen LogP contribution < -0.4 is 5.32 Å². The molecule has 2 aromatic rings. The fourth-order valence-corrected chi connectivity index (χ4v) is 3.39. The molecule has 0 heterocycles. The minimum absolute atomic E-state index is 0.116. The van der Waals surface area contributed by atoms with Gasteiger partial charge in [-0.15, -0.1) is 0 Å². The molecule has 2 aromatic carbocycles. The van der Waals surface area contributed by atoms with Crippen LogP contribution in [0.1, 0.15) is 45.2 Å². The molecule has 0 radical (unpaired) electrons. The van der Waals surface area contributed by atoms with Gasteiger partial charge in [-0.25, -0.2) is 0 Å². The molecule has 0 bridgehead atoms. The van der Waals surface area contributed by atoms with Crippen LogP contribution in [-0.2, 0) is 22.6 Å². The van der Waals surface area contributed by atoms with Crippen LogP contribution in [0.4, 0.5) is 5.69 Å². The number of rotatable bonds is 8. The van der Waals surface area contributed by atoms with Crippen LogP contribution in [0.2, 0.25) is 5.02 Å². The second-order valence-corrected chi connectivity index (χ2v) is 8.81. The molecule has 166 valence electrons. The molecule has 1 atom stereocenters. The van der Waals surface area contributed by atoms with E-state index >= 15 is 0 Å². The average molecular weight is 446 g/mol. The molecule has 0 aliphatic heterocycles. The topological polar surface area (TPSA) is 92.6 Å². The lowest BCUT2D eigenvalue weighted by atomic mass is 10.0. The minimum atomic E-state index is -0.717. The van der Waals surface area contributed by atoms with Crippen LogP contribution in [-0.4, -0.2) is 33.2 Å². The molecule has 1 unspecified atom stereocenters. The van der Waals surface area contributed by atoms with Crippen LogP contribution in [0.3, 0.4) is 0 Å². The molecular formula is C23H28ClN3O4. The number of nitrogens with zero attached hydrogens (tertiary/aromatic N) is 2. The monoisotopic (exact) mass is 445 g/mol. The van der Waals surface area contributed by atoms with Gasteiger partial charge in [0.2, 0.25) is 11.8 Å². The number of hydrogen-bond acceptors (Lipinski definition) is 4. The highest BCUT2D eigenvalue weighted by Gasteiger charge is 2.31. The van der Waals surface area contributed by atoms with E-state index in [1.807, 2.05) is 27.7 Å². The van der Waals surface area contributed by atoms with Gasteiger partial charge in [-0.3, -0.25) is 19.7 Å². The first kappa shape index (κ1) is 24.3. The maximum Gasteiger partial charge on any atom is 0.273 e. The summed E-state index contributed by atoms with van der Waals surface area (Å²) < 4.78 is 0. The number of hydrogen-bond donors (Lipinski definition) is 1. The lowest BCUT2D eigenvalue weighted by Crippen LogP contribution is -2.53. The standard InChI is InChI=1S/C23H28ClN3O4/c1-5-19(22(29)25-23(2,3)4)26(15-16-10-12-18(24)13-11-16)21(28)14-17-8-6-7-9-20(17)27(30)31/h6-13,19H,5,14-15H2,1-4H3,(H,25,29). The molecule has 8 heteroatoms. The molecule has 0 fully saturated rings. The predicted octanol–water partition coefficient (Wildman–Crippen LogP) is 4.51. The molecule has 0 saturated heterocycles. The smallest absolute Gasteiger partial charge is 0.273 e. The number of carbonyl (C=O) groups is 2. The third-order valence-corrected chi connectivity index (χ3v) is 4.93. The van der Waals surface area contributed by atoms with E-state index in [-0.39, 0.29) is 30.5 Å². The molecule has 0 aliphatic rings. The maximum absolute atomic E-state index is 13.3. The lowest BCUT2D eigenvalue weighted by Gasteiger charge is -2.33. The van der Waals surface area contributed by atoms with Crippen molar-refractivity contribution < 1.29 is 14.5 Å². The largest absolute Gasteiger partial charge is 0.350 e. The Morgan fingerprint density at radius 1 is 1.13 bits per heavy atom. The van der Waals surface area contributed by atoms with Gasteiger partial charge in [0.25, 0.3) is 5.69 Å². The number of amides is 2. The zero-order chi connectivity index (χ0) is 23.2. The summed E-state index contributed by atoms with van der Waals surface area (Å²) in [5.74, 6) is -0.625. The highest BCUT2D eigenvalue weighted by Crippen LogP contribution is 2.22. The summed E-state index contributed by atoms with van der Waals surface area (Å²) in [5.41, 5.74) is 0.541. The van der Waals surface area contributed by atoms with E-state index in [0.29, 0.717) is 17.0 Å². The molecule has 1 N–H and O–H groups in total. The Balaban J connectivity index is 2.38. The molecule has 0 aliphatic carbocycles. The highest BCUT2D eigenvalue weighted by atomic mass is 35.5. The first-order valence-corrected chi connectivity index (χ1v) is 10.5. The first-order chi connectivity index (χ1) is 14.5. The van der Waals surface area contributed by atoms with Crippen LogP contribution in [0.5, 0.6) is 0 Å². The second-order valence-electron chi connectivity index (χ2n) is 8.37. The number of para-hydroxylation sites is 1.